The molecule has 12 nitrogen and oxygen atoms in total. The standard InChI is InChI=1S/2C25H25FN4O2/c2*1-25(6-2-3-7-25)10-21-28-13-20(32-21)17-8-14-4-5-18(26)23(14)30-22(17)15-9-16-19(27-11-15)12-29-24(16)31/h2*8-9,11,13,18H,2-7,10,12H2,1H3,(H,29,31). The fraction of sp³-hybridized carbons (Fsp3) is 0.440. The zero-order valence-corrected chi connectivity index (χ0v) is 36.2. The summed E-state index contributed by atoms with van der Waals surface area (Å²) in [6, 6.07) is 7.54. The van der Waals surface area contributed by atoms with Crippen LogP contribution in [0, 0.1) is 10.8 Å². The summed E-state index contributed by atoms with van der Waals surface area (Å²) in [5.41, 5.74) is 9.83. The predicted octanol–water partition coefficient (Wildman–Crippen LogP) is 10.2. The topological polar surface area (TPSA) is 162 Å². The zero-order valence-electron chi connectivity index (χ0n) is 36.2. The zero-order chi connectivity index (χ0) is 43.7. The lowest BCUT2D eigenvalue weighted by Crippen LogP contribution is -2.14. The molecule has 2 N–H and O–H groups in total. The first kappa shape index (κ1) is 40.6. The second-order valence-electron chi connectivity index (χ2n) is 19.3. The lowest BCUT2D eigenvalue weighted by Gasteiger charge is -2.20. The highest BCUT2D eigenvalue weighted by Crippen LogP contribution is 2.45. The molecule has 4 aliphatic carbocycles. The third-order valence-corrected chi connectivity index (χ3v) is 14.4. The van der Waals surface area contributed by atoms with Crippen molar-refractivity contribution < 1.29 is 27.2 Å². The van der Waals surface area contributed by atoms with E-state index < -0.39 is 12.3 Å². The number of carbonyl (C=O) groups excluding carboxylic acids is 2. The van der Waals surface area contributed by atoms with Crippen LogP contribution >= 0.6 is 0 Å². The van der Waals surface area contributed by atoms with Crippen LogP contribution in [0.1, 0.15) is 157 Å². The van der Waals surface area contributed by atoms with E-state index >= 15 is 0 Å². The number of hydrogen-bond donors (Lipinski definition) is 2. The first-order valence-electron chi connectivity index (χ1n) is 22.8. The third-order valence-electron chi connectivity index (χ3n) is 14.4. The molecule has 12 rings (SSSR count). The number of fused-ring (bicyclic) bond motifs is 4. The quantitative estimate of drug-likeness (QED) is 0.151. The van der Waals surface area contributed by atoms with Crippen molar-refractivity contribution in [3.63, 3.8) is 0 Å². The van der Waals surface area contributed by atoms with Crippen LogP contribution in [0.15, 0.2) is 57.9 Å². The van der Waals surface area contributed by atoms with Gasteiger partial charge in [-0.2, -0.15) is 0 Å². The molecule has 6 aliphatic rings. The molecule has 6 aromatic rings. The summed E-state index contributed by atoms with van der Waals surface area (Å²) in [7, 11) is 0. The number of aromatic nitrogens is 6. The molecule has 0 aromatic carbocycles. The molecule has 2 saturated carbocycles. The SMILES string of the molecule is CC1(Cc2ncc(-c3cc4c(nc3-c3cnc5c(c3)C(=O)NC5)C(F)CC4)o2)CCCC1.CC1(Cc2ncc(-c3cc4c(nc3-c3cnc5c(c3)C(=O)NC5)C(F)CC4)o2)CCCC1. The average Bonchev–Trinajstić information content (AvgIpc) is 4.17. The van der Waals surface area contributed by atoms with Crippen molar-refractivity contribution in [2.75, 3.05) is 0 Å². The largest absolute Gasteiger partial charge is 0.441 e. The van der Waals surface area contributed by atoms with Crippen LogP contribution in [-0.2, 0) is 38.8 Å². The molecular formula is C50H50F2N8O4. The van der Waals surface area contributed by atoms with Crippen LogP contribution in [0.4, 0.5) is 8.78 Å². The minimum atomic E-state index is -1.07. The lowest BCUT2D eigenvalue weighted by molar-refractivity contribution is 0.0957. The Balaban J connectivity index is 0.000000143. The highest BCUT2D eigenvalue weighted by atomic mass is 19.1. The molecule has 0 saturated heterocycles. The Labute approximate surface area is 369 Å². The molecule has 328 valence electrons. The summed E-state index contributed by atoms with van der Waals surface area (Å²) in [6.07, 6.45) is 18.4. The van der Waals surface area contributed by atoms with Gasteiger partial charge < -0.3 is 19.5 Å². The summed E-state index contributed by atoms with van der Waals surface area (Å²) in [5.74, 6) is 2.41. The van der Waals surface area contributed by atoms with E-state index in [1.54, 1.807) is 36.9 Å². The fourth-order valence-electron chi connectivity index (χ4n) is 10.7. The maximum absolute atomic E-state index is 14.5. The third kappa shape index (κ3) is 7.47. The molecule has 2 atom stereocenters. The Morgan fingerprint density at radius 1 is 0.594 bits per heavy atom. The first-order valence-corrected chi connectivity index (χ1v) is 22.8. The van der Waals surface area contributed by atoms with Crippen molar-refractivity contribution in [1.82, 2.24) is 40.5 Å². The van der Waals surface area contributed by atoms with Crippen LogP contribution < -0.4 is 10.6 Å². The van der Waals surface area contributed by atoms with E-state index in [4.69, 9.17) is 18.8 Å². The minimum Gasteiger partial charge on any atom is -0.441 e. The number of aryl methyl sites for hydroxylation is 2. The van der Waals surface area contributed by atoms with Gasteiger partial charge in [-0.3, -0.25) is 19.6 Å². The number of amides is 2. The van der Waals surface area contributed by atoms with E-state index in [1.165, 1.54) is 51.4 Å². The van der Waals surface area contributed by atoms with E-state index in [0.717, 1.165) is 58.3 Å². The number of alkyl halides is 2. The smallest absolute Gasteiger partial charge is 0.253 e. The fourth-order valence-corrected chi connectivity index (χ4v) is 10.7. The molecule has 14 heteroatoms. The van der Waals surface area contributed by atoms with Gasteiger partial charge in [0.2, 0.25) is 0 Å². The minimum absolute atomic E-state index is 0.146. The van der Waals surface area contributed by atoms with E-state index in [9.17, 15) is 18.4 Å². The summed E-state index contributed by atoms with van der Waals surface area (Å²) in [6.45, 7) is 5.45. The van der Waals surface area contributed by atoms with Crippen molar-refractivity contribution >= 4 is 11.8 Å². The van der Waals surface area contributed by atoms with Crippen molar-refractivity contribution in [3.8, 4) is 45.2 Å². The van der Waals surface area contributed by atoms with E-state index in [1.807, 2.05) is 12.1 Å². The Morgan fingerprint density at radius 2 is 1.02 bits per heavy atom. The van der Waals surface area contributed by atoms with Crippen LogP contribution in [0.5, 0.6) is 0 Å². The van der Waals surface area contributed by atoms with Gasteiger partial charge in [0.25, 0.3) is 11.8 Å². The van der Waals surface area contributed by atoms with Crippen LogP contribution in [-0.4, -0.2) is 41.7 Å². The molecule has 2 amide bonds. The van der Waals surface area contributed by atoms with Gasteiger partial charge in [-0.15, -0.1) is 0 Å². The van der Waals surface area contributed by atoms with Gasteiger partial charge in [-0.25, -0.2) is 28.7 Å². The van der Waals surface area contributed by atoms with Crippen molar-refractivity contribution in [2.24, 2.45) is 10.8 Å². The van der Waals surface area contributed by atoms with Crippen molar-refractivity contribution in [3.05, 3.63) is 106 Å². The van der Waals surface area contributed by atoms with Gasteiger partial charge in [-0.05, 0) is 97.6 Å². The molecular weight excluding hydrogens is 815 g/mol. The summed E-state index contributed by atoms with van der Waals surface area (Å²) < 4.78 is 41.5. The van der Waals surface area contributed by atoms with Gasteiger partial charge in [-0.1, -0.05) is 39.5 Å². The second-order valence-corrected chi connectivity index (χ2v) is 19.3. The van der Waals surface area contributed by atoms with Crippen LogP contribution in [0.3, 0.4) is 0 Å². The molecule has 8 heterocycles. The summed E-state index contributed by atoms with van der Waals surface area (Å²) in [5, 5.41) is 5.58. The highest BCUT2D eigenvalue weighted by molar-refractivity contribution is 6.00. The number of carbonyl (C=O) groups is 2. The Hall–Kier alpha value is -6.18. The monoisotopic (exact) mass is 864 g/mol. The number of pyridine rings is 4. The molecule has 2 unspecified atom stereocenters. The van der Waals surface area contributed by atoms with E-state index in [-0.39, 0.29) is 22.6 Å². The average molecular weight is 865 g/mol. The molecule has 0 bridgehead atoms. The predicted molar refractivity (Wildman–Crippen MR) is 233 cm³/mol. The highest BCUT2D eigenvalue weighted by Gasteiger charge is 2.34. The number of hydrogen-bond acceptors (Lipinski definition) is 10. The van der Waals surface area contributed by atoms with Crippen LogP contribution in [0.25, 0.3) is 45.2 Å². The second kappa shape index (κ2) is 15.8. The van der Waals surface area contributed by atoms with Gasteiger partial charge in [0.15, 0.2) is 23.3 Å². The first-order chi connectivity index (χ1) is 31.0. The van der Waals surface area contributed by atoms with Gasteiger partial charge in [0, 0.05) is 47.5 Å². The molecule has 64 heavy (non-hydrogen) atoms. The van der Waals surface area contributed by atoms with Gasteiger partial charge >= 0.3 is 0 Å². The number of nitrogens with zero attached hydrogens (tertiary/aromatic N) is 6. The van der Waals surface area contributed by atoms with Crippen LogP contribution in [0.2, 0.25) is 0 Å². The normalized spacial score (nSPS) is 20.9. The number of oxazole rings is 2. The molecule has 2 fully saturated rings. The van der Waals surface area contributed by atoms with E-state index in [2.05, 4.69) is 44.4 Å². The lowest BCUT2D eigenvalue weighted by atomic mass is 9.85. The van der Waals surface area contributed by atoms with Crippen molar-refractivity contribution in [1.29, 1.82) is 0 Å². The Morgan fingerprint density at radius 3 is 1.44 bits per heavy atom. The molecule has 6 aromatic heterocycles. The molecule has 0 spiro atoms. The number of nitrogens with one attached hydrogen (secondary N) is 2. The summed E-state index contributed by atoms with van der Waals surface area (Å²) in [4.78, 5) is 51.8. The summed E-state index contributed by atoms with van der Waals surface area (Å²) >= 11 is 0. The maximum atomic E-state index is 14.5. The van der Waals surface area contributed by atoms with Gasteiger partial charge in [0.1, 0.15) is 12.3 Å². The number of rotatable bonds is 8. The Bertz CT molecular complexity index is 2650. The van der Waals surface area contributed by atoms with Gasteiger partial charge in [0.05, 0.1) is 70.8 Å². The van der Waals surface area contributed by atoms with Crippen molar-refractivity contribution in [2.45, 2.75) is 129 Å². The maximum Gasteiger partial charge on any atom is 0.253 e. The van der Waals surface area contributed by atoms with E-state index in [0.29, 0.717) is 95.3 Å². The Kier molecular flexibility index (Phi) is 10.0. The molecule has 0 radical (unpaired) electrons. The number of halogens is 2. The molecule has 2 aliphatic heterocycles.